The van der Waals surface area contributed by atoms with Gasteiger partial charge in [0.1, 0.15) is 11.6 Å². The van der Waals surface area contributed by atoms with Gasteiger partial charge in [-0.15, -0.1) is 0 Å². The first-order valence-corrected chi connectivity index (χ1v) is 5.77. The van der Waals surface area contributed by atoms with E-state index in [2.05, 4.69) is 4.98 Å². The van der Waals surface area contributed by atoms with Crippen molar-refractivity contribution >= 4 is 5.97 Å². The predicted octanol–water partition coefficient (Wildman–Crippen LogP) is 1.45. The molecule has 1 heterocycles. The van der Waals surface area contributed by atoms with Gasteiger partial charge in [-0.05, 0) is 24.6 Å². The van der Waals surface area contributed by atoms with E-state index >= 15 is 0 Å². The molecule has 0 amide bonds. The third-order valence-corrected chi connectivity index (χ3v) is 2.99. The van der Waals surface area contributed by atoms with Crippen LogP contribution in [0.15, 0.2) is 30.6 Å². The predicted molar refractivity (Wildman–Crippen MR) is 67.7 cm³/mol. The Balaban J connectivity index is 2.43. The van der Waals surface area contributed by atoms with E-state index in [1.54, 1.807) is 30.0 Å². The molecule has 0 aliphatic rings. The number of benzene rings is 1. The van der Waals surface area contributed by atoms with Gasteiger partial charge in [0, 0.05) is 18.9 Å². The smallest absolute Gasteiger partial charge is 0.312 e. The Morgan fingerprint density at radius 3 is 2.79 bits per heavy atom. The monoisotopic (exact) mass is 263 g/mol. The summed E-state index contributed by atoms with van der Waals surface area (Å²) in [5.41, 5.74) is 6.08. The van der Waals surface area contributed by atoms with Crippen LogP contribution in [0.4, 0.5) is 4.39 Å². The molecule has 2 rings (SSSR count). The van der Waals surface area contributed by atoms with Crippen LogP contribution in [0.2, 0.25) is 0 Å². The molecule has 0 fully saturated rings. The van der Waals surface area contributed by atoms with Gasteiger partial charge in [-0.3, -0.25) is 4.79 Å². The summed E-state index contributed by atoms with van der Waals surface area (Å²) in [5.74, 6) is -1.81. The van der Waals surface area contributed by atoms with Crippen LogP contribution in [0, 0.1) is 12.7 Å². The van der Waals surface area contributed by atoms with Crippen LogP contribution in [0.5, 0.6) is 0 Å². The minimum atomic E-state index is -1.06. The molecule has 0 radical (unpaired) electrons. The largest absolute Gasteiger partial charge is 0.481 e. The number of aliphatic carboxylic acids is 1. The van der Waals surface area contributed by atoms with E-state index in [0.717, 1.165) is 0 Å². The number of nitrogens with two attached hydrogens (primary N) is 1. The zero-order valence-electron chi connectivity index (χ0n) is 10.4. The summed E-state index contributed by atoms with van der Waals surface area (Å²) in [4.78, 5) is 15.0. The Hall–Kier alpha value is -2.21. The maximum atomic E-state index is 14.1. The Kier molecular flexibility index (Phi) is 3.62. The van der Waals surface area contributed by atoms with Gasteiger partial charge in [0.25, 0.3) is 0 Å². The van der Waals surface area contributed by atoms with Crippen LogP contribution >= 0.6 is 0 Å². The van der Waals surface area contributed by atoms with Gasteiger partial charge < -0.3 is 15.4 Å². The molecule has 6 heteroatoms. The van der Waals surface area contributed by atoms with Gasteiger partial charge in [-0.25, -0.2) is 9.37 Å². The first-order valence-electron chi connectivity index (χ1n) is 5.77. The van der Waals surface area contributed by atoms with Crippen molar-refractivity contribution in [2.24, 2.45) is 5.73 Å². The third-order valence-electron chi connectivity index (χ3n) is 2.99. The number of aromatic nitrogens is 2. The Morgan fingerprint density at radius 2 is 2.32 bits per heavy atom. The number of aryl methyl sites for hydroxylation is 1. The third kappa shape index (κ3) is 2.48. The molecule has 5 nitrogen and oxygen atoms in total. The molecule has 1 aromatic heterocycles. The lowest BCUT2D eigenvalue weighted by Gasteiger charge is -2.12. The number of carbonyl (C=O) groups is 1. The highest BCUT2D eigenvalue weighted by Gasteiger charge is 2.19. The molecule has 19 heavy (non-hydrogen) atoms. The van der Waals surface area contributed by atoms with E-state index in [1.807, 2.05) is 0 Å². The molecule has 1 unspecified atom stereocenters. The summed E-state index contributed by atoms with van der Waals surface area (Å²) in [6, 6.07) is 4.31. The molecule has 0 bridgehead atoms. The van der Waals surface area contributed by atoms with Gasteiger partial charge in [-0.2, -0.15) is 0 Å². The zero-order valence-corrected chi connectivity index (χ0v) is 10.4. The molecule has 100 valence electrons. The molecule has 2 aromatic rings. The van der Waals surface area contributed by atoms with Crippen molar-refractivity contribution in [2.75, 3.05) is 6.54 Å². The van der Waals surface area contributed by atoms with E-state index in [4.69, 9.17) is 10.8 Å². The summed E-state index contributed by atoms with van der Waals surface area (Å²) in [7, 11) is 0. The number of halogens is 1. The maximum Gasteiger partial charge on any atom is 0.312 e. The lowest BCUT2D eigenvalue weighted by atomic mass is 9.99. The van der Waals surface area contributed by atoms with Gasteiger partial charge >= 0.3 is 5.97 Å². The first kappa shape index (κ1) is 13.2. The summed E-state index contributed by atoms with van der Waals surface area (Å²) in [6.07, 6.45) is 3.22. The highest BCUT2D eigenvalue weighted by atomic mass is 19.1. The molecular formula is C13H14FN3O2. The summed E-state index contributed by atoms with van der Waals surface area (Å²) >= 11 is 0. The van der Waals surface area contributed by atoms with Crippen molar-refractivity contribution in [3.63, 3.8) is 0 Å². The molecule has 1 aromatic carbocycles. The van der Waals surface area contributed by atoms with Crippen molar-refractivity contribution in [3.8, 4) is 5.69 Å². The lowest BCUT2D eigenvalue weighted by molar-refractivity contribution is -0.138. The van der Waals surface area contributed by atoms with E-state index in [9.17, 15) is 9.18 Å². The second kappa shape index (κ2) is 5.19. The minimum absolute atomic E-state index is 0.0712. The van der Waals surface area contributed by atoms with Crippen LogP contribution in [0.25, 0.3) is 5.69 Å². The fourth-order valence-electron chi connectivity index (χ4n) is 1.95. The maximum absolute atomic E-state index is 14.1. The van der Waals surface area contributed by atoms with Crippen LogP contribution in [0.1, 0.15) is 17.3 Å². The molecule has 0 aliphatic heterocycles. The number of hydrogen-bond acceptors (Lipinski definition) is 3. The van der Waals surface area contributed by atoms with Crippen LogP contribution in [-0.4, -0.2) is 27.2 Å². The number of hydrogen-bond donors (Lipinski definition) is 2. The number of carboxylic acid groups (broad SMARTS) is 1. The molecule has 3 N–H and O–H groups in total. The van der Waals surface area contributed by atoms with Crippen molar-refractivity contribution in [2.45, 2.75) is 12.8 Å². The quantitative estimate of drug-likeness (QED) is 0.874. The molecule has 0 saturated carbocycles. The van der Waals surface area contributed by atoms with Crippen molar-refractivity contribution < 1.29 is 14.3 Å². The topological polar surface area (TPSA) is 81.1 Å². The van der Waals surface area contributed by atoms with Crippen molar-refractivity contribution in [1.29, 1.82) is 0 Å². The first-order chi connectivity index (χ1) is 9.04. The Bertz CT molecular complexity index is 610. The highest BCUT2D eigenvalue weighted by molar-refractivity contribution is 5.76. The average Bonchev–Trinajstić information content (AvgIpc) is 2.76. The molecule has 0 aliphatic carbocycles. The second-order valence-corrected chi connectivity index (χ2v) is 4.18. The SMILES string of the molecule is Cc1nccn1-c1ccc(C(CN)C(=O)O)cc1F. The lowest BCUT2D eigenvalue weighted by Crippen LogP contribution is -2.21. The van der Waals surface area contributed by atoms with Gasteiger partial charge in [-0.1, -0.05) is 6.07 Å². The van der Waals surface area contributed by atoms with Crippen molar-refractivity contribution in [3.05, 3.63) is 47.8 Å². The fraction of sp³-hybridized carbons (Fsp3) is 0.231. The van der Waals surface area contributed by atoms with Gasteiger partial charge in [0.15, 0.2) is 0 Å². The Labute approximate surface area is 109 Å². The standard InChI is InChI=1S/C13H14FN3O2/c1-8-16-4-5-17(8)12-3-2-9(6-11(12)14)10(7-15)13(18)19/h2-6,10H,7,15H2,1H3,(H,18,19). The number of carboxylic acids is 1. The molecular weight excluding hydrogens is 249 g/mol. The highest BCUT2D eigenvalue weighted by Crippen LogP contribution is 2.21. The minimum Gasteiger partial charge on any atom is -0.481 e. The average molecular weight is 263 g/mol. The summed E-state index contributed by atoms with van der Waals surface area (Å²) < 4.78 is 15.7. The van der Waals surface area contributed by atoms with Crippen LogP contribution in [-0.2, 0) is 4.79 Å². The van der Waals surface area contributed by atoms with E-state index < -0.39 is 17.7 Å². The van der Waals surface area contributed by atoms with Gasteiger partial charge in [0.05, 0.1) is 11.6 Å². The number of imidazole rings is 1. The van der Waals surface area contributed by atoms with Gasteiger partial charge in [0.2, 0.25) is 0 Å². The Morgan fingerprint density at radius 1 is 1.58 bits per heavy atom. The molecule has 0 saturated heterocycles. The fourth-order valence-corrected chi connectivity index (χ4v) is 1.95. The van der Waals surface area contributed by atoms with E-state index in [1.165, 1.54) is 12.1 Å². The normalized spacial score (nSPS) is 12.4. The summed E-state index contributed by atoms with van der Waals surface area (Å²) in [5, 5.41) is 9.00. The number of nitrogens with zero attached hydrogens (tertiary/aromatic N) is 2. The van der Waals surface area contributed by atoms with E-state index in [0.29, 0.717) is 17.1 Å². The second-order valence-electron chi connectivity index (χ2n) is 4.18. The van der Waals surface area contributed by atoms with E-state index in [-0.39, 0.29) is 6.54 Å². The zero-order chi connectivity index (χ0) is 14.0. The van der Waals surface area contributed by atoms with Crippen molar-refractivity contribution in [1.82, 2.24) is 9.55 Å². The molecule has 1 atom stereocenters. The molecule has 0 spiro atoms. The number of rotatable bonds is 4. The van der Waals surface area contributed by atoms with Crippen LogP contribution < -0.4 is 5.73 Å². The summed E-state index contributed by atoms with van der Waals surface area (Å²) in [6.45, 7) is 1.69. The van der Waals surface area contributed by atoms with Crippen LogP contribution in [0.3, 0.4) is 0 Å².